The molecule has 4 aromatic rings. The predicted molar refractivity (Wildman–Crippen MR) is 224 cm³/mol. The van der Waals surface area contributed by atoms with Crippen LogP contribution >= 0.6 is 0 Å². The van der Waals surface area contributed by atoms with E-state index in [2.05, 4.69) is 48.6 Å². The van der Waals surface area contributed by atoms with Crippen molar-refractivity contribution in [3.05, 3.63) is 166 Å². The Balaban J connectivity index is 0.000000717. The van der Waals surface area contributed by atoms with Gasteiger partial charge in [-0.05, 0) is 75.6 Å². The van der Waals surface area contributed by atoms with Crippen LogP contribution in [0.15, 0.2) is 121 Å². The maximum Gasteiger partial charge on any atom is 0.416 e. The second kappa shape index (κ2) is 23.8. The Bertz CT molecular complexity index is 2140. The van der Waals surface area contributed by atoms with Crippen molar-refractivity contribution in [3.8, 4) is 0 Å². The smallest absolute Gasteiger partial charge is 0.194 e. The molecule has 0 atom stereocenters. The topological polar surface area (TPSA) is 0 Å². The molecule has 0 amide bonds. The van der Waals surface area contributed by atoms with Gasteiger partial charge < -0.3 is 0 Å². The van der Waals surface area contributed by atoms with E-state index in [-0.39, 0.29) is 20.1 Å². The Morgan fingerprint density at radius 3 is 0.486 bits per heavy atom. The Hall–Kier alpha value is -5.13. The van der Waals surface area contributed by atoms with Gasteiger partial charge in [-0.2, -0.15) is 127 Å². The van der Waals surface area contributed by atoms with Crippen molar-refractivity contribution in [1.82, 2.24) is 0 Å². The Labute approximate surface area is 419 Å². The average Bonchev–Trinajstić information content (AvgIpc) is 3.21. The van der Waals surface area contributed by atoms with Gasteiger partial charge in [-0.15, -0.1) is 0 Å². The quantitative estimate of drug-likeness (QED) is 0.141. The summed E-state index contributed by atoms with van der Waals surface area (Å²) in [5.74, 6) is 0. The number of halogens is 24. The van der Waals surface area contributed by atoms with Crippen LogP contribution in [0.25, 0.3) is 0 Å². The minimum atomic E-state index is -6.13. The molecule has 0 saturated carbocycles. The number of hydrogen-bond acceptors (Lipinski definition) is 0. The Kier molecular flexibility index (Phi) is 20.3. The molecule has 26 heteroatoms. The second-order valence-electron chi connectivity index (χ2n) is 16.5. The minimum absolute atomic E-state index is 0. The first-order chi connectivity index (χ1) is 33.3. The summed E-state index contributed by atoms with van der Waals surface area (Å²) in [6.45, 7) is 0. The zero-order chi connectivity index (χ0) is 55.2. The largest absolute Gasteiger partial charge is 0.416 e. The maximum absolute atomic E-state index is 14.2. The third-order valence-electron chi connectivity index (χ3n) is 11.2. The normalized spacial score (nSPS) is 15.4. The van der Waals surface area contributed by atoms with E-state index in [1.807, 2.05) is 0 Å². The number of allylic oxidation sites excluding steroid dienone is 8. The summed E-state index contributed by atoms with van der Waals surface area (Å²) in [4.78, 5) is 0. The molecule has 0 aliphatic heterocycles. The van der Waals surface area contributed by atoms with Crippen molar-refractivity contribution >= 4 is 28.0 Å². The monoisotopic (exact) mass is 1270 g/mol. The standard InChI is InChI=1S/C32H12BF24.2C8H12.Ir/c34-25(35,36)13-1-14(26(37,38)39)6-21(5-13)33(22-7-15(27(40,41)42)2-16(8-22)28(43,44)45,23-9-17(29(46,47)48)3-18(10-23)30(49,50)51)24-11-19(31(52,53)54)4-20(12-24)32(55,56)57;2*1-2-4-6-8-7-5-3-1;/h1-12H;2*1-4H,5-8H2;/q-1;;;. The van der Waals surface area contributed by atoms with E-state index in [1.165, 1.54) is 51.4 Å². The van der Waals surface area contributed by atoms with Gasteiger partial charge in [-0.25, -0.2) is 0 Å². The third kappa shape index (κ3) is 16.9. The van der Waals surface area contributed by atoms with Crippen LogP contribution in [0.5, 0.6) is 0 Å². The summed E-state index contributed by atoms with van der Waals surface area (Å²) < 4.78 is 341. The first-order valence-corrected chi connectivity index (χ1v) is 21.3. The van der Waals surface area contributed by atoms with Crippen molar-refractivity contribution in [2.75, 3.05) is 0 Å². The SMILES string of the molecule is C1=CCCCCC=C1.C1=CCCCCC=C1.FC(F)(F)c1cc([B-](c2cc(C(F)(F)F)cc(C(F)(F)F)c2)(c2cc(C(F)(F)F)cc(C(F)(F)F)c2)c2cc(C(F)(F)F)cc(C(F)(F)F)c2)cc(C(F)(F)F)c1.[Ir]. The molecule has 1 radical (unpaired) electrons. The van der Waals surface area contributed by atoms with Crippen molar-refractivity contribution in [2.45, 2.75) is 101 Å². The Morgan fingerprint density at radius 2 is 0.365 bits per heavy atom. The van der Waals surface area contributed by atoms with Crippen molar-refractivity contribution in [2.24, 2.45) is 0 Å². The number of benzene rings is 4. The number of alkyl halides is 24. The van der Waals surface area contributed by atoms with Crippen LogP contribution in [0.3, 0.4) is 0 Å². The van der Waals surface area contributed by atoms with Crippen LogP contribution in [-0.4, -0.2) is 6.15 Å². The van der Waals surface area contributed by atoms with E-state index in [0.717, 1.165) is 0 Å². The van der Waals surface area contributed by atoms with Gasteiger partial charge in [0.1, 0.15) is 6.15 Å². The maximum atomic E-state index is 14.2. The second-order valence-corrected chi connectivity index (χ2v) is 16.5. The average molecular weight is 1270 g/mol. The molecule has 0 unspecified atom stereocenters. The van der Waals surface area contributed by atoms with Gasteiger partial charge in [0.05, 0.1) is 44.5 Å². The molecule has 0 bridgehead atoms. The third-order valence-corrected chi connectivity index (χ3v) is 11.2. The predicted octanol–water partition coefficient (Wildman–Crippen LogP) is 16.6. The zero-order valence-electron chi connectivity index (χ0n) is 37.2. The molecule has 409 valence electrons. The fourth-order valence-electron chi connectivity index (χ4n) is 7.82. The molecular weight excluding hydrogens is 1240 g/mol. The summed E-state index contributed by atoms with van der Waals surface area (Å²) in [6.07, 6.45) is -26.8. The van der Waals surface area contributed by atoms with Gasteiger partial charge in [0.2, 0.25) is 0 Å². The van der Waals surface area contributed by atoms with E-state index < -0.39 is 195 Å². The van der Waals surface area contributed by atoms with Crippen LogP contribution in [0, 0.1) is 0 Å². The zero-order valence-corrected chi connectivity index (χ0v) is 39.6. The molecule has 6 rings (SSSR count). The molecule has 0 fully saturated rings. The number of rotatable bonds is 4. The van der Waals surface area contributed by atoms with Gasteiger partial charge in [0, 0.05) is 20.1 Å². The van der Waals surface area contributed by atoms with E-state index in [0.29, 0.717) is 0 Å². The minimum Gasteiger partial charge on any atom is -0.194 e. The van der Waals surface area contributed by atoms with Gasteiger partial charge >= 0.3 is 49.4 Å². The van der Waals surface area contributed by atoms with Gasteiger partial charge in [-0.1, -0.05) is 97.1 Å². The fraction of sp³-hybridized carbons (Fsp3) is 0.333. The first kappa shape index (κ1) is 63.2. The first-order valence-electron chi connectivity index (χ1n) is 21.3. The van der Waals surface area contributed by atoms with Crippen LogP contribution in [0.4, 0.5) is 105 Å². The molecule has 0 heterocycles. The van der Waals surface area contributed by atoms with Crippen LogP contribution in [0.2, 0.25) is 0 Å². The van der Waals surface area contributed by atoms with E-state index >= 15 is 0 Å². The molecule has 0 nitrogen and oxygen atoms in total. The van der Waals surface area contributed by atoms with Gasteiger partial charge in [0.25, 0.3) is 0 Å². The summed E-state index contributed by atoms with van der Waals surface area (Å²) in [6, 6.07) is -8.81. The molecule has 0 saturated heterocycles. The van der Waals surface area contributed by atoms with Crippen LogP contribution in [0.1, 0.15) is 95.9 Å². The summed E-state index contributed by atoms with van der Waals surface area (Å²) in [7, 11) is 0. The number of hydrogen-bond donors (Lipinski definition) is 0. The Morgan fingerprint density at radius 1 is 0.230 bits per heavy atom. The van der Waals surface area contributed by atoms with Crippen molar-refractivity contribution in [3.63, 3.8) is 0 Å². The van der Waals surface area contributed by atoms with Crippen molar-refractivity contribution in [1.29, 1.82) is 0 Å². The van der Waals surface area contributed by atoms with Crippen molar-refractivity contribution < 1.29 is 125 Å². The van der Waals surface area contributed by atoms with Crippen LogP contribution < -0.4 is 21.9 Å². The molecule has 2 aliphatic carbocycles. The fourth-order valence-corrected chi connectivity index (χ4v) is 7.82. The molecular formula is C48H36BF24Ir-. The van der Waals surface area contributed by atoms with Gasteiger partial charge in [-0.3, -0.25) is 0 Å². The van der Waals surface area contributed by atoms with E-state index in [4.69, 9.17) is 0 Å². The summed E-state index contributed by atoms with van der Waals surface area (Å²) >= 11 is 0. The molecule has 0 N–H and O–H groups in total. The summed E-state index contributed by atoms with van der Waals surface area (Å²) in [5, 5.41) is 0. The van der Waals surface area contributed by atoms with Gasteiger partial charge in [0.15, 0.2) is 0 Å². The summed E-state index contributed by atoms with van der Waals surface area (Å²) in [5.41, 5.74) is -30.2. The van der Waals surface area contributed by atoms with E-state index in [1.54, 1.807) is 0 Å². The molecule has 2 aliphatic rings. The molecule has 0 aromatic heterocycles. The molecule has 74 heavy (non-hydrogen) atoms. The van der Waals surface area contributed by atoms with Crippen LogP contribution in [-0.2, 0) is 69.5 Å². The molecule has 4 aromatic carbocycles. The molecule has 0 spiro atoms. The van der Waals surface area contributed by atoms with E-state index in [9.17, 15) is 105 Å².